The summed E-state index contributed by atoms with van der Waals surface area (Å²) in [6.45, 7) is 1.03. The molecule has 1 aliphatic rings. The number of alkyl halides is 5. The number of hydrogen-bond donors (Lipinski definition) is 0. The average Bonchev–Trinajstić information content (AvgIpc) is 2.63. The molecule has 0 atom stereocenters. The molecule has 1 aromatic carbocycles. The van der Waals surface area contributed by atoms with Crippen LogP contribution in [0.4, 0.5) is 30.7 Å². The zero-order valence-corrected chi connectivity index (χ0v) is 16.6. The van der Waals surface area contributed by atoms with Crippen LogP contribution in [0.25, 0.3) is 6.08 Å². The molecule has 2 nitrogen and oxygen atoms in total. The van der Waals surface area contributed by atoms with Gasteiger partial charge in [-0.1, -0.05) is 26.2 Å². The van der Waals surface area contributed by atoms with E-state index in [0.717, 1.165) is 32.1 Å². The predicted molar refractivity (Wildman–Crippen MR) is 98.2 cm³/mol. The lowest BCUT2D eigenvalue weighted by molar-refractivity contribution is -0.222. The molecule has 170 valence electrons. The number of allylic oxidation sites excluding steroid dienone is 1. The van der Waals surface area contributed by atoms with E-state index in [1.165, 1.54) is 0 Å². The third-order valence-electron chi connectivity index (χ3n) is 5.01. The maximum Gasteiger partial charge on any atom is 0.421 e. The minimum atomic E-state index is -4.77. The van der Waals surface area contributed by atoms with E-state index in [1.54, 1.807) is 0 Å². The second-order valence-corrected chi connectivity index (χ2v) is 7.51. The highest BCUT2D eigenvalue weighted by atomic mass is 19.4. The van der Waals surface area contributed by atoms with Gasteiger partial charge in [-0.25, -0.2) is 8.78 Å². The molecule has 0 N–H and O–H groups in total. The Balaban J connectivity index is 1.90. The van der Waals surface area contributed by atoms with Crippen molar-refractivity contribution in [2.24, 2.45) is 5.92 Å². The molecule has 1 saturated carbocycles. The molecule has 0 aliphatic heterocycles. The Morgan fingerprint density at radius 1 is 1.00 bits per heavy atom. The van der Waals surface area contributed by atoms with Crippen molar-refractivity contribution in [3.8, 4) is 5.75 Å². The van der Waals surface area contributed by atoms with Gasteiger partial charge >= 0.3 is 12.3 Å². The highest BCUT2D eigenvalue weighted by Crippen LogP contribution is 2.32. The molecule has 0 bridgehead atoms. The summed E-state index contributed by atoms with van der Waals surface area (Å²) >= 11 is 0. The Bertz CT molecular complexity index is 685. The first-order valence-corrected chi connectivity index (χ1v) is 9.92. The SMILES string of the molecule is CCCCC1CCC(OCC(F)(F)Oc2cc(F)c(C=CC(F)(F)F)c(F)c2)CC1. The molecule has 30 heavy (non-hydrogen) atoms. The zero-order valence-electron chi connectivity index (χ0n) is 16.6. The van der Waals surface area contributed by atoms with Gasteiger partial charge in [0, 0.05) is 23.8 Å². The van der Waals surface area contributed by atoms with Crippen LogP contribution in [0.2, 0.25) is 0 Å². The van der Waals surface area contributed by atoms with Crippen molar-refractivity contribution in [1.29, 1.82) is 0 Å². The van der Waals surface area contributed by atoms with Gasteiger partial charge in [-0.2, -0.15) is 22.0 Å². The Labute approximate surface area is 171 Å². The lowest BCUT2D eigenvalue weighted by Gasteiger charge is -2.29. The number of unbranched alkanes of at least 4 members (excludes halogenated alkanes) is 1. The molecule has 9 heteroatoms. The van der Waals surface area contributed by atoms with Gasteiger partial charge in [-0.15, -0.1) is 0 Å². The first kappa shape index (κ1) is 24.5. The first-order valence-electron chi connectivity index (χ1n) is 9.92. The maximum atomic E-state index is 14.0. The molecule has 0 saturated heterocycles. The van der Waals surface area contributed by atoms with E-state index in [9.17, 15) is 30.7 Å². The summed E-state index contributed by atoms with van der Waals surface area (Å²) in [5.74, 6) is -3.16. The summed E-state index contributed by atoms with van der Waals surface area (Å²) in [6.07, 6.45) is -2.62. The molecule has 2 rings (SSSR count). The zero-order chi connectivity index (χ0) is 22.4. The van der Waals surface area contributed by atoms with Gasteiger partial charge in [0.15, 0.2) is 6.61 Å². The summed E-state index contributed by atoms with van der Waals surface area (Å²) in [7, 11) is 0. The molecular formula is C21H25F7O2. The van der Waals surface area contributed by atoms with Crippen molar-refractivity contribution >= 4 is 6.08 Å². The molecule has 0 heterocycles. The fourth-order valence-corrected chi connectivity index (χ4v) is 3.45. The highest BCUT2D eigenvalue weighted by Gasteiger charge is 2.35. The Morgan fingerprint density at radius 3 is 2.13 bits per heavy atom. The average molecular weight is 442 g/mol. The van der Waals surface area contributed by atoms with E-state index in [4.69, 9.17) is 4.74 Å². The fourth-order valence-electron chi connectivity index (χ4n) is 3.45. The Morgan fingerprint density at radius 2 is 1.60 bits per heavy atom. The molecule has 0 aromatic heterocycles. The van der Waals surface area contributed by atoms with Crippen molar-refractivity contribution in [1.82, 2.24) is 0 Å². The van der Waals surface area contributed by atoms with Crippen molar-refractivity contribution in [3.05, 3.63) is 35.4 Å². The largest absolute Gasteiger partial charge is 0.431 e. The third-order valence-corrected chi connectivity index (χ3v) is 5.01. The van der Waals surface area contributed by atoms with Crippen LogP contribution in [0, 0.1) is 17.6 Å². The smallest absolute Gasteiger partial charge is 0.421 e. The first-order chi connectivity index (χ1) is 14.0. The van der Waals surface area contributed by atoms with Gasteiger partial charge < -0.3 is 9.47 Å². The van der Waals surface area contributed by atoms with Crippen molar-refractivity contribution < 1.29 is 40.2 Å². The number of rotatable bonds is 9. The van der Waals surface area contributed by atoms with E-state index in [1.807, 2.05) is 0 Å². The fraction of sp³-hybridized carbons (Fsp3) is 0.619. The number of halogens is 7. The van der Waals surface area contributed by atoms with Crippen LogP contribution in [-0.4, -0.2) is 25.0 Å². The molecule has 0 spiro atoms. The summed E-state index contributed by atoms with van der Waals surface area (Å²) in [6, 6.07) is 0.817. The predicted octanol–water partition coefficient (Wildman–Crippen LogP) is 7.28. The van der Waals surface area contributed by atoms with Gasteiger partial charge in [-0.3, -0.25) is 0 Å². The monoisotopic (exact) mass is 442 g/mol. The second-order valence-electron chi connectivity index (χ2n) is 7.51. The Hall–Kier alpha value is -1.77. The van der Waals surface area contributed by atoms with Crippen LogP contribution in [0.15, 0.2) is 18.2 Å². The molecule has 1 fully saturated rings. The van der Waals surface area contributed by atoms with Crippen LogP contribution < -0.4 is 4.74 Å². The van der Waals surface area contributed by atoms with Gasteiger partial charge in [0.05, 0.1) is 6.10 Å². The van der Waals surface area contributed by atoms with E-state index >= 15 is 0 Å². The number of hydrogen-bond acceptors (Lipinski definition) is 2. The van der Waals surface area contributed by atoms with Gasteiger partial charge in [0.2, 0.25) is 0 Å². The summed E-state index contributed by atoms with van der Waals surface area (Å²) in [4.78, 5) is 0. The molecule has 0 unspecified atom stereocenters. The molecular weight excluding hydrogens is 417 g/mol. The topological polar surface area (TPSA) is 18.5 Å². The molecule has 1 aromatic rings. The van der Waals surface area contributed by atoms with Crippen LogP contribution >= 0.6 is 0 Å². The van der Waals surface area contributed by atoms with Gasteiger partial charge in [0.25, 0.3) is 0 Å². The lowest BCUT2D eigenvalue weighted by Crippen LogP contribution is -2.34. The summed E-state index contributed by atoms with van der Waals surface area (Å²) in [5, 5.41) is 0. The second kappa shape index (κ2) is 10.5. The molecule has 1 aliphatic carbocycles. The van der Waals surface area contributed by atoms with Gasteiger partial charge in [-0.05, 0) is 37.7 Å². The standard InChI is InChI=1S/C21H25F7O2/c1-2-3-4-14-5-7-15(8-6-14)29-13-21(27,28)30-16-11-18(22)17(19(23)12-16)9-10-20(24,25)26/h9-12,14-15H,2-8,13H2,1H3. The van der Waals surface area contributed by atoms with Crippen LogP contribution in [-0.2, 0) is 4.74 Å². The van der Waals surface area contributed by atoms with Crippen LogP contribution in [0.3, 0.4) is 0 Å². The van der Waals surface area contributed by atoms with Crippen molar-refractivity contribution in [3.63, 3.8) is 0 Å². The minimum Gasteiger partial charge on any atom is -0.431 e. The number of benzene rings is 1. The van der Waals surface area contributed by atoms with Crippen LogP contribution in [0.1, 0.15) is 57.4 Å². The van der Waals surface area contributed by atoms with E-state index in [2.05, 4.69) is 11.7 Å². The minimum absolute atomic E-state index is 0.187. The van der Waals surface area contributed by atoms with E-state index < -0.39 is 41.8 Å². The maximum absolute atomic E-state index is 14.0. The van der Waals surface area contributed by atoms with E-state index in [-0.39, 0.29) is 18.3 Å². The normalized spacial score (nSPS) is 20.7. The summed E-state index contributed by atoms with van der Waals surface area (Å²) < 4.78 is 102. The van der Waals surface area contributed by atoms with Crippen molar-refractivity contribution in [2.75, 3.05) is 6.61 Å². The van der Waals surface area contributed by atoms with E-state index in [0.29, 0.717) is 30.9 Å². The Kier molecular flexibility index (Phi) is 8.58. The van der Waals surface area contributed by atoms with Crippen molar-refractivity contribution in [2.45, 2.75) is 70.3 Å². The number of ether oxygens (including phenoxy) is 2. The van der Waals surface area contributed by atoms with Gasteiger partial charge in [0.1, 0.15) is 17.4 Å². The third kappa shape index (κ3) is 8.16. The lowest BCUT2D eigenvalue weighted by atomic mass is 9.84. The molecule has 0 amide bonds. The van der Waals surface area contributed by atoms with Crippen LogP contribution in [0.5, 0.6) is 5.75 Å². The highest BCUT2D eigenvalue weighted by molar-refractivity contribution is 5.53. The quantitative estimate of drug-likeness (QED) is 0.374. The molecule has 0 radical (unpaired) electrons. The summed E-state index contributed by atoms with van der Waals surface area (Å²) in [5.41, 5.74) is -1.00.